The predicted octanol–water partition coefficient (Wildman–Crippen LogP) is 0.845. The Kier molecular flexibility index (Phi) is 5.78. The second-order valence-electron chi connectivity index (χ2n) is 4.12. The molecule has 0 bridgehead atoms. The van der Waals surface area contributed by atoms with E-state index in [9.17, 15) is 9.59 Å². The Hall–Kier alpha value is -2.11. The monoisotopic (exact) mass is 265 g/mol. The van der Waals surface area contributed by atoms with Crippen LogP contribution in [0.15, 0.2) is 18.5 Å². The first kappa shape index (κ1) is 14.9. The highest BCUT2D eigenvalue weighted by Gasteiger charge is 2.14. The third-order valence-electron chi connectivity index (χ3n) is 2.50. The largest absolute Gasteiger partial charge is 0.468 e. The van der Waals surface area contributed by atoms with Crippen molar-refractivity contribution < 1.29 is 14.3 Å². The fraction of sp³-hybridized carbons (Fsp3) is 0.462. The van der Waals surface area contributed by atoms with E-state index in [0.29, 0.717) is 6.54 Å². The normalized spacial score (nSPS) is 10.7. The summed E-state index contributed by atoms with van der Waals surface area (Å²) in [6.07, 6.45) is 7.36. The fourth-order valence-corrected chi connectivity index (χ4v) is 1.56. The van der Waals surface area contributed by atoms with Gasteiger partial charge in [-0.15, -0.1) is 0 Å². The predicted molar refractivity (Wildman–Crippen MR) is 71.1 cm³/mol. The van der Waals surface area contributed by atoms with E-state index >= 15 is 0 Å². The van der Waals surface area contributed by atoms with Crippen LogP contribution in [0.3, 0.4) is 0 Å². The molecular weight excluding hydrogens is 246 g/mol. The van der Waals surface area contributed by atoms with E-state index in [1.165, 1.54) is 18.1 Å². The minimum absolute atomic E-state index is 0.0272. The van der Waals surface area contributed by atoms with Gasteiger partial charge in [0.25, 0.3) is 0 Å². The molecule has 0 unspecified atom stereocenters. The van der Waals surface area contributed by atoms with Crippen LogP contribution in [0.1, 0.15) is 18.9 Å². The molecule has 1 aromatic heterocycles. The summed E-state index contributed by atoms with van der Waals surface area (Å²) in [5, 5.41) is 4.00. The highest BCUT2D eigenvalue weighted by Crippen LogP contribution is 2.02. The maximum atomic E-state index is 12.0. The van der Waals surface area contributed by atoms with Crippen molar-refractivity contribution in [1.29, 1.82) is 0 Å². The lowest BCUT2D eigenvalue weighted by Crippen LogP contribution is -2.35. The molecule has 0 fully saturated rings. The summed E-state index contributed by atoms with van der Waals surface area (Å²) < 4.78 is 6.23. The lowest BCUT2D eigenvalue weighted by atomic mass is 10.3. The van der Waals surface area contributed by atoms with Crippen LogP contribution in [0.2, 0.25) is 0 Å². The third kappa shape index (κ3) is 4.95. The van der Waals surface area contributed by atoms with Crippen LogP contribution in [-0.2, 0) is 21.4 Å². The van der Waals surface area contributed by atoms with E-state index < -0.39 is 5.97 Å². The van der Waals surface area contributed by atoms with Crippen LogP contribution in [0.25, 0.3) is 6.08 Å². The van der Waals surface area contributed by atoms with Crippen molar-refractivity contribution >= 4 is 18.0 Å². The van der Waals surface area contributed by atoms with Gasteiger partial charge in [0.05, 0.1) is 13.3 Å². The van der Waals surface area contributed by atoms with Gasteiger partial charge in [-0.1, -0.05) is 6.92 Å². The zero-order valence-corrected chi connectivity index (χ0v) is 11.5. The number of carbonyl (C=O) groups excluding carboxylic acids is 2. The van der Waals surface area contributed by atoms with E-state index in [1.807, 2.05) is 6.92 Å². The van der Waals surface area contributed by atoms with Crippen molar-refractivity contribution in [3.05, 3.63) is 24.0 Å². The molecule has 6 nitrogen and oxygen atoms in total. The summed E-state index contributed by atoms with van der Waals surface area (Å²) >= 11 is 0. The lowest BCUT2D eigenvalue weighted by Gasteiger charge is -2.18. The van der Waals surface area contributed by atoms with Gasteiger partial charge in [-0.3, -0.25) is 14.3 Å². The zero-order valence-electron chi connectivity index (χ0n) is 11.5. The highest BCUT2D eigenvalue weighted by atomic mass is 16.5. The molecule has 0 atom stereocenters. The number of methoxy groups -OCH3 is 1. The summed E-state index contributed by atoms with van der Waals surface area (Å²) in [7, 11) is 3.11. The smallest absolute Gasteiger partial charge is 0.325 e. The van der Waals surface area contributed by atoms with Gasteiger partial charge < -0.3 is 9.64 Å². The number of aryl methyl sites for hydroxylation is 1. The molecule has 1 rings (SSSR count). The maximum absolute atomic E-state index is 12.0. The molecule has 0 aromatic carbocycles. The van der Waals surface area contributed by atoms with Gasteiger partial charge >= 0.3 is 5.97 Å². The standard InChI is InChI=1S/C13H19N3O3/c1-4-7-16(10-13(18)19-3)12(17)6-5-11-8-14-15(2)9-11/h5-6,8-9H,4,7,10H2,1-3H3. The molecule has 1 heterocycles. The van der Waals surface area contributed by atoms with Gasteiger partial charge in [-0.25, -0.2) is 0 Å². The minimum Gasteiger partial charge on any atom is -0.468 e. The first-order valence-corrected chi connectivity index (χ1v) is 6.09. The van der Waals surface area contributed by atoms with Crippen LogP contribution in [0, 0.1) is 0 Å². The van der Waals surface area contributed by atoms with Gasteiger partial charge in [0.1, 0.15) is 6.54 Å². The van der Waals surface area contributed by atoms with Crippen LogP contribution in [0.4, 0.5) is 0 Å². The Morgan fingerprint density at radius 1 is 1.53 bits per heavy atom. The molecular formula is C13H19N3O3. The second kappa shape index (κ2) is 7.35. The quantitative estimate of drug-likeness (QED) is 0.565. The Morgan fingerprint density at radius 2 is 2.26 bits per heavy atom. The molecule has 6 heteroatoms. The molecule has 0 aliphatic carbocycles. The van der Waals surface area contributed by atoms with E-state index in [0.717, 1.165) is 12.0 Å². The maximum Gasteiger partial charge on any atom is 0.325 e. The molecule has 0 saturated heterocycles. The number of nitrogens with zero attached hydrogens (tertiary/aromatic N) is 3. The Morgan fingerprint density at radius 3 is 2.79 bits per heavy atom. The number of hydrogen-bond donors (Lipinski definition) is 0. The average molecular weight is 265 g/mol. The first-order chi connectivity index (χ1) is 9.06. The first-order valence-electron chi connectivity index (χ1n) is 6.09. The van der Waals surface area contributed by atoms with Gasteiger partial charge in [-0.05, 0) is 12.5 Å². The van der Waals surface area contributed by atoms with E-state index in [1.54, 1.807) is 30.2 Å². The van der Waals surface area contributed by atoms with Gasteiger partial charge in [-0.2, -0.15) is 5.10 Å². The second-order valence-corrected chi connectivity index (χ2v) is 4.12. The summed E-state index contributed by atoms with van der Waals surface area (Å²) in [6.45, 7) is 2.44. The van der Waals surface area contributed by atoms with Crippen molar-refractivity contribution in [2.75, 3.05) is 20.2 Å². The zero-order chi connectivity index (χ0) is 14.3. The molecule has 0 radical (unpaired) electrons. The average Bonchev–Trinajstić information content (AvgIpc) is 2.81. The molecule has 0 N–H and O–H groups in total. The summed E-state index contributed by atoms with van der Waals surface area (Å²) in [4.78, 5) is 24.7. The Labute approximate surface area is 112 Å². The van der Waals surface area contributed by atoms with Crippen molar-refractivity contribution in [2.24, 2.45) is 7.05 Å². The number of rotatable bonds is 6. The third-order valence-corrected chi connectivity index (χ3v) is 2.50. The molecule has 104 valence electrons. The van der Waals surface area contributed by atoms with Crippen LogP contribution < -0.4 is 0 Å². The topological polar surface area (TPSA) is 64.4 Å². The molecule has 0 aliphatic rings. The molecule has 1 aromatic rings. The van der Waals surface area contributed by atoms with E-state index in [2.05, 4.69) is 9.84 Å². The van der Waals surface area contributed by atoms with Gasteiger partial charge in [0.2, 0.25) is 5.91 Å². The highest BCUT2D eigenvalue weighted by molar-refractivity contribution is 5.93. The molecule has 19 heavy (non-hydrogen) atoms. The Bertz CT molecular complexity index is 465. The lowest BCUT2D eigenvalue weighted by molar-refractivity contribution is -0.145. The van der Waals surface area contributed by atoms with Gasteiger partial charge in [0.15, 0.2) is 0 Å². The minimum atomic E-state index is -0.420. The summed E-state index contributed by atoms with van der Waals surface area (Å²) in [5.74, 6) is -0.632. The fourth-order valence-electron chi connectivity index (χ4n) is 1.56. The van der Waals surface area contributed by atoms with Crippen molar-refractivity contribution in [3.8, 4) is 0 Å². The molecule has 0 spiro atoms. The summed E-state index contributed by atoms with van der Waals surface area (Å²) in [5.41, 5.74) is 0.838. The summed E-state index contributed by atoms with van der Waals surface area (Å²) in [6, 6.07) is 0. The number of carbonyl (C=O) groups is 2. The van der Waals surface area contributed by atoms with Crippen molar-refractivity contribution in [1.82, 2.24) is 14.7 Å². The van der Waals surface area contributed by atoms with Crippen molar-refractivity contribution in [2.45, 2.75) is 13.3 Å². The molecule has 0 saturated carbocycles. The number of ether oxygens (including phenoxy) is 1. The Balaban J connectivity index is 2.65. The number of esters is 1. The number of amides is 1. The molecule has 1 amide bonds. The van der Waals surface area contributed by atoms with Crippen LogP contribution in [0.5, 0.6) is 0 Å². The molecule has 0 aliphatic heterocycles. The SMILES string of the molecule is CCCN(CC(=O)OC)C(=O)C=Cc1cnn(C)c1. The van der Waals surface area contributed by atoms with E-state index in [4.69, 9.17) is 0 Å². The van der Waals surface area contributed by atoms with E-state index in [-0.39, 0.29) is 12.5 Å². The van der Waals surface area contributed by atoms with Gasteiger partial charge in [0, 0.05) is 31.4 Å². The van der Waals surface area contributed by atoms with Crippen LogP contribution in [-0.4, -0.2) is 46.8 Å². The number of aromatic nitrogens is 2. The number of hydrogen-bond acceptors (Lipinski definition) is 4. The van der Waals surface area contributed by atoms with Crippen molar-refractivity contribution in [3.63, 3.8) is 0 Å². The van der Waals surface area contributed by atoms with Crippen LogP contribution >= 0.6 is 0 Å².